The summed E-state index contributed by atoms with van der Waals surface area (Å²) < 4.78 is 20.6. The third kappa shape index (κ3) is 4.03. The number of carbonyl (C=O) groups excluding carboxylic acids is 1. The summed E-state index contributed by atoms with van der Waals surface area (Å²) in [6.45, 7) is 3.72. The lowest BCUT2D eigenvalue weighted by molar-refractivity contribution is 0.0964. The molecule has 1 N–H and O–H groups in total. The molecule has 1 saturated carbocycles. The number of aryl methyl sites for hydroxylation is 1. The van der Waals surface area contributed by atoms with Crippen molar-refractivity contribution in [1.29, 1.82) is 0 Å². The van der Waals surface area contributed by atoms with E-state index in [1.807, 2.05) is 12.1 Å². The average molecular weight is 368 g/mol. The van der Waals surface area contributed by atoms with Crippen molar-refractivity contribution in [3.8, 4) is 5.88 Å². The van der Waals surface area contributed by atoms with Crippen LogP contribution in [0.2, 0.25) is 0 Å². The third-order valence-electron chi connectivity index (χ3n) is 5.52. The molecule has 4 nitrogen and oxygen atoms in total. The topological polar surface area (TPSA) is 51.2 Å². The Kier molecular flexibility index (Phi) is 5.21. The van der Waals surface area contributed by atoms with Crippen LogP contribution in [0.5, 0.6) is 5.88 Å². The number of benzene rings is 1. The summed E-state index contributed by atoms with van der Waals surface area (Å²) in [6, 6.07) is 9.16. The predicted octanol–water partition coefficient (Wildman–Crippen LogP) is 4.17. The Bertz CT molecular complexity index is 842. The van der Waals surface area contributed by atoms with Crippen molar-refractivity contribution in [3.05, 3.63) is 58.5 Å². The fourth-order valence-electron chi connectivity index (χ4n) is 3.68. The van der Waals surface area contributed by atoms with E-state index in [9.17, 15) is 9.18 Å². The van der Waals surface area contributed by atoms with Gasteiger partial charge in [-0.15, -0.1) is 0 Å². The second-order valence-electron chi connectivity index (χ2n) is 7.57. The van der Waals surface area contributed by atoms with Gasteiger partial charge < -0.3 is 10.1 Å². The van der Waals surface area contributed by atoms with E-state index < -0.39 is 0 Å². The van der Waals surface area contributed by atoms with Crippen LogP contribution in [0.3, 0.4) is 0 Å². The van der Waals surface area contributed by atoms with Crippen LogP contribution >= 0.6 is 0 Å². The molecule has 4 rings (SSSR count). The number of nitrogens with one attached hydrogen (secondary N) is 1. The fourth-order valence-corrected chi connectivity index (χ4v) is 3.68. The van der Waals surface area contributed by atoms with E-state index in [2.05, 4.69) is 10.3 Å². The van der Waals surface area contributed by atoms with Crippen LogP contribution in [0.4, 0.5) is 4.39 Å². The second-order valence-corrected chi connectivity index (χ2v) is 7.57. The van der Waals surface area contributed by atoms with E-state index in [-0.39, 0.29) is 24.1 Å². The SMILES string of the molecule is Cc1ccc(C(=O)C2CC2)c(COc2cccc(C3CCNCC3)n2)c1F. The minimum atomic E-state index is -0.351. The molecule has 0 bridgehead atoms. The van der Waals surface area contributed by atoms with Gasteiger partial charge in [0.1, 0.15) is 12.4 Å². The first-order valence-corrected chi connectivity index (χ1v) is 9.76. The van der Waals surface area contributed by atoms with Gasteiger partial charge in [0.25, 0.3) is 0 Å². The molecule has 27 heavy (non-hydrogen) atoms. The highest BCUT2D eigenvalue weighted by Gasteiger charge is 2.32. The molecular weight excluding hydrogens is 343 g/mol. The van der Waals surface area contributed by atoms with Gasteiger partial charge >= 0.3 is 0 Å². The first kappa shape index (κ1) is 18.1. The molecule has 2 aliphatic rings. The van der Waals surface area contributed by atoms with Gasteiger partial charge in [0.2, 0.25) is 5.88 Å². The van der Waals surface area contributed by atoms with Crippen molar-refractivity contribution in [2.24, 2.45) is 5.92 Å². The molecule has 0 spiro atoms. The van der Waals surface area contributed by atoms with Crippen molar-refractivity contribution in [2.75, 3.05) is 13.1 Å². The Hall–Kier alpha value is -2.27. The largest absolute Gasteiger partial charge is 0.473 e. The molecule has 1 aromatic carbocycles. The molecule has 5 heteroatoms. The van der Waals surface area contributed by atoms with Crippen LogP contribution in [0, 0.1) is 18.7 Å². The highest BCUT2D eigenvalue weighted by molar-refractivity contribution is 6.00. The van der Waals surface area contributed by atoms with Crippen LogP contribution < -0.4 is 10.1 Å². The Morgan fingerprint density at radius 2 is 1.96 bits per heavy atom. The molecule has 0 unspecified atom stereocenters. The smallest absolute Gasteiger partial charge is 0.213 e. The number of hydrogen-bond acceptors (Lipinski definition) is 4. The maximum atomic E-state index is 14.7. The van der Waals surface area contributed by atoms with Crippen LogP contribution in [0.25, 0.3) is 0 Å². The monoisotopic (exact) mass is 368 g/mol. The number of piperidine rings is 1. The van der Waals surface area contributed by atoms with Gasteiger partial charge in [0.05, 0.1) is 0 Å². The maximum absolute atomic E-state index is 14.7. The minimum Gasteiger partial charge on any atom is -0.473 e. The number of halogens is 1. The summed E-state index contributed by atoms with van der Waals surface area (Å²) in [5.74, 6) is 0.640. The van der Waals surface area contributed by atoms with E-state index in [1.54, 1.807) is 25.1 Å². The molecule has 2 aromatic rings. The van der Waals surface area contributed by atoms with Gasteiger partial charge in [-0.25, -0.2) is 9.37 Å². The molecule has 2 fully saturated rings. The summed E-state index contributed by atoms with van der Waals surface area (Å²) in [4.78, 5) is 17.1. The highest BCUT2D eigenvalue weighted by Crippen LogP contribution is 2.34. The van der Waals surface area contributed by atoms with Crippen molar-refractivity contribution in [1.82, 2.24) is 10.3 Å². The summed E-state index contributed by atoms with van der Waals surface area (Å²) >= 11 is 0. The summed E-state index contributed by atoms with van der Waals surface area (Å²) in [5.41, 5.74) is 2.35. The standard InChI is InChI=1S/C22H25FN2O2/c1-14-5-8-17(22(26)16-6-7-16)18(21(14)23)13-27-20-4-2-3-19(25-20)15-9-11-24-12-10-15/h2-5,8,15-16,24H,6-7,9-13H2,1H3. The lowest BCUT2D eigenvalue weighted by Crippen LogP contribution is -2.27. The molecule has 2 heterocycles. The van der Waals surface area contributed by atoms with Gasteiger partial charge in [0, 0.05) is 34.7 Å². The first-order valence-electron chi connectivity index (χ1n) is 9.76. The minimum absolute atomic E-state index is 0.0178. The first-order chi connectivity index (χ1) is 13.1. The summed E-state index contributed by atoms with van der Waals surface area (Å²) in [7, 11) is 0. The Morgan fingerprint density at radius 3 is 2.70 bits per heavy atom. The number of carbonyl (C=O) groups is 1. The van der Waals surface area contributed by atoms with E-state index in [0.29, 0.717) is 28.5 Å². The number of aromatic nitrogens is 1. The molecule has 1 aliphatic carbocycles. The highest BCUT2D eigenvalue weighted by atomic mass is 19.1. The normalized spacial score (nSPS) is 17.7. The zero-order valence-electron chi connectivity index (χ0n) is 15.6. The van der Waals surface area contributed by atoms with Gasteiger partial charge in [-0.05, 0) is 57.3 Å². The van der Waals surface area contributed by atoms with Gasteiger partial charge in [-0.1, -0.05) is 18.2 Å². The summed E-state index contributed by atoms with van der Waals surface area (Å²) in [5, 5.41) is 3.36. The van der Waals surface area contributed by atoms with Crippen molar-refractivity contribution in [2.45, 2.75) is 45.1 Å². The maximum Gasteiger partial charge on any atom is 0.213 e. The number of Topliss-reactive ketones (excluding diaryl/α,β-unsaturated/α-hetero) is 1. The molecule has 1 aliphatic heterocycles. The van der Waals surface area contributed by atoms with Crippen molar-refractivity contribution >= 4 is 5.78 Å². The Morgan fingerprint density at radius 1 is 1.19 bits per heavy atom. The molecule has 142 valence electrons. The quantitative estimate of drug-likeness (QED) is 0.778. The molecular formula is C22H25FN2O2. The number of ketones is 1. The van der Waals surface area contributed by atoms with Crippen molar-refractivity contribution in [3.63, 3.8) is 0 Å². The molecule has 1 saturated heterocycles. The second kappa shape index (κ2) is 7.77. The Labute approximate surface area is 159 Å². The van der Waals surface area contributed by atoms with E-state index in [1.165, 1.54) is 0 Å². The lowest BCUT2D eigenvalue weighted by Gasteiger charge is -2.22. The Balaban J connectivity index is 1.53. The third-order valence-corrected chi connectivity index (χ3v) is 5.52. The van der Waals surface area contributed by atoms with E-state index in [4.69, 9.17) is 4.74 Å². The van der Waals surface area contributed by atoms with Gasteiger partial charge in [-0.3, -0.25) is 4.79 Å². The van der Waals surface area contributed by atoms with Crippen LogP contribution in [-0.4, -0.2) is 23.9 Å². The lowest BCUT2D eigenvalue weighted by atomic mass is 9.94. The van der Waals surface area contributed by atoms with Crippen LogP contribution in [0.1, 0.15) is 58.8 Å². The number of ether oxygens (including phenoxy) is 1. The number of pyridine rings is 1. The number of nitrogens with zero attached hydrogens (tertiary/aromatic N) is 1. The fraction of sp³-hybridized carbons (Fsp3) is 0.455. The van der Waals surface area contributed by atoms with Crippen LogP contribution in [0.15, 0.2) is 30.3 Å². The molecule has 1 aromatic heterocycles. The van der Waals surface area contributed by atoms with Crippen molar-refractivity contribution < 1.29 is 13.9 Å². The summed E-state index contributed by atoms with van der Waals surface area (Å²) in [6.07, 6.45) is 3.91. The predicted molar refractivity (Wildman–Crippen MR) is 102 cm³/mol. The molecule has 0 atom stereocenters. The zero-order valence-corrected chi connectivity index (χ0v) is 15.6. The average Bonchev–Trinajstić information content (AvgIpc) is 3.55. The molecule has 0 radical (unpaired) electrons. The van der Waals surface area contributed by atoms with E-state index >= 15 is 0 Å². The van der Waals surface area contributed by atoms with Gasteiger partial charge in [0.15, 0.2) is 5.78 Å². The number of hydrogen-bond donors (Lipinski definition) is 1. The van der Waals surface area contributed by atoms with Crippen LogP contribution in [-0.2, 0) is 6.61 Å². The number of rotatable bonds is 6. The zero-order chi connectivity index (χ0) is 18.8. The molecule has 0 amide bonds. The van der Waals surface area contributed by atoms with E-state index in [0.717, 1.165) is 44.5 Å². The van der Waals surface area contributed by atoms with Gasteiger partial charge in [-0.2, -0.15) is 0 Å².